The fourth-order valence-corrected chi connectivity index (χ4v) is 4.01. The van der Waals surface area contributed by atoms with Gasteiger partial charge in [-0.3, -0.25) is 14.6 Å². The van der Waals surface area contributed by atoms with E-state index in [0.29, 0.717) is 38.9 Å². The molecule has 3 N–H and O–H groups in total. The Bertz CT molecular complexity index is 822. The fourth-order valence-electron chi connectivity index (χ4n) is 4.01. The molecule has 2 saturated heterocycles. The number of aromatic nitrogens is 1. The molecule has 2 unspecified atom stereocenters. The standard InChI is InChI=1S/C22H27N5O2/c28-21(24-15-16-6-2-1-3-7-16)17-9-12-27(13-10-17)22(29)20-14-19(25-26-20)18-8-4-5-11-23-18/h1-8,11,17,19-20,25-26H,9-10,12-15H2,(H,24,28). The van der Waals surface area contributed by atoms with Crippen molar-refractivity contribution in [2.24, 2.45) is 5.92 Å². The lowest BCUT2D eigenvalue weighted by Gasteiger charge is -2.32. The van der Waals surface area contributed by atoms with Gasteiger partial charge < -0.3 is 10.2 Å². The van der Waals surface area contributed by atoms with Crippen LogP contribution in [-0.2, 0) is 16.1 Å². The minimum absolute atomic E-state index is 0.0290. The van der Waals surface area contributed by atoms with Gasteiger partial charge in [-0.2, -0.15) is 0 Å². The number of pyridine rings is 1. The van der Waals surface area contributed by atoms with Crippen molar-refractivity contribution in [2.75, 3.05) is 13.1 Å². The van der Waals surface area contributed by atoms with E-state index in [-0.39, 0.29) is 29.8 Å². The number of piperidine rings is 1. The van der Waals surface area contributed by atoms with E-state index in [1.54, 1.807) is 6.20 Å². The van der Waals surface area contributed by atoms with E-state index >= 15 is 0 Å². The number of rotatable bonds is 5. The Kier molecular flexibility index (Phi) is 6.17. The predicted molar refractivity (Wildman–Crippen MR) is 109 cm³/mol. The first kappa shape index (κ1) is 19.5. The van der Waals surface area contributed by atoms with Crippen LogP contribution in [0.25, 0.3) is 0 Å². The monoisotopic (exact) mass is 393 g/mol. The Labute approximate surface area is 170 Å². The van der Waals surface area contributed by atoms with E-state index in [9.17, 15) is 9.59 Å². The minimum atomic E-state index is -0.259. The number of nitrogens with one attached hydrogen (secondary N) is 3. The van der Waals surface area contributed by atoms with Gasteiger partial charge in [0.05, 0.1) is 11.7 Å². The minimum Gasteiger partial charge on any atom is -0.352 e. The number of hydrogen-bond acceptors (Lipinski definition) is 5. The molecule has 2 atom stereocenters. The average molecular weight is 393 g/mol. The zero-order chi connectivity index (χ0) is 20.1. The lowest BCUT2D eigenvalue weighted by Crippen LogP contribution is -2.49. The number of likely N-dealkylation sites (tertiary alicyclic amines) is 1. The number of hydrogen-bond donors (Lipinski definition) is 3. The molecule has 0 radical (unpaired) electrons. The van der Waals surface area contributed by atoms with E-state index in [1.165, 1.54) is 0 Å². The quantitative estimate of drug-likeness (QED) is 0.718. The van der Waals surface area contributed by atoms with Crippen molar-refractivity contribution in [1.29, 1.82) is 0 Å². The van der Waals surface area contributed by atoms with Gasteiger partial charge in [-0.25, -0.2) is 10.9 Å². The molecule has 1 aromatic heterocycles. The highest BCUT2D eigenvalue weighted by Crippen LogP contribution is 2.24. The molecule has 2 aliphatic rings. The molecule has 2 fully saturated rings. The second kappa shape index (κ2) is 9.15. The Morgan fingerprint density at radius 1 is 1.03 bits per heavy atom. The van der Waals surface area contributed by atoms with Crippen LogP contribution < -0.4 is 16.2 Å². The summed E-state index contributed by atoms with van der Waals surface area (Å²) in [5.41, 5.74) is 8.32. The molecule has 29 heavy (non-hydrogen) atoms. The van der Waals surface area contributed by atoms with Crippen molar-refractivity contribution in [2.45, 2.75) is 37.9 Å². The first-order valence-corrected chi connectivity index (χ1v) is 10.2. The molecule has 2 amide bonds. The van der Waals surface area contributed by atoms with Crippen LogP contribution in [0.4, 0.5) is 0 Å². The average Bonchev–Trinajstić information content (AvgIpc) is 3.29. The maximum absolute atomic E-state index is 12.9. The summed E-state index contributed by atoms with van der Waals surface area (Å²) in [6.07, 6.45) is 3.85. The second-order valence-electron chi connectivity index (χ2n) is 7.69. The highest BCUT2D eigenvalue weighted by molar-refractivity contribution is 5.83. The molecule has 3 heterocycles. The summed E-state index contributed by atoms with van der Waals surface area (Å²) in [7, 11) is 0. The second-order valence-corrected chi connectivity index (χ2v) is 7.69. The van der Waals surface area contributed by atoms with Crippen molar-refractivity contribution in [3.8, 4) is 0 Å². The van der Waals surface area contributed by atoms with Crippen molar-refractivity contribution >= 4 is 11.8 Å². The molecule has 0 saturated carbocycles. The van der Waals surface area contributed by atoms with E-state index in [0.717, 1.165) is 11.3 Å². The fraction of sp³-hybridized carbons (Fsp3) is 0.409. The van der Waals surface area contributed by atoms with Crippen molar-refractivity contribution in [3.05, 3.63) is 66.0 Å². The number of amides is 2. The van der Waals surface area contributed by atoms with Crippen LogP contribution in [0.15, 0.2) is 54.7 Å². The first-order valence-electron chi connectivity index (χ1n) is 10.2. The van der Waals surface area contributed by atoms with Crippen LogP contribution in [0.3, 0.4) is 0 Å². The summed E-state index contributed by atoms with van der Waals surface area (Å²) in [5, 5.41) is 3.02. The van der Waals surface area contributed by atoms with Gasteiger partial charge in [-0.05, 0) is 37.0 Å². The van der Waals surface area contributed by atoms with Gasteiger partial charge in [0.15, 0.2) is 0 Å². The highest BCUT2D eigenvalue weighted by atomic mass is 16.2. The van der Waals surface area contributed by atoms with Gasteiger partial charge in [0.1, 0.15) is 6.04 Å². The normalized spacial score (nSPS) is 22.4. The predicted octanol–water partition coefficient (Wildman–Crippen LogP) is 1.54. The molecule has 7 heteroatoms. The van der Waals surface area contributed by atoms with Crippen LogP contribution >= 0.6 is 0 Å². The first-order chi connectivity index (χ1) is 14.2. The van der Waals surface area contributed by atoms with Gasteiger partial charge in [0.2, 0.25) is 11.8 Å². The molecule has 1 aromatic carbocycles. The molecule has 7 nitrogen and oxygen atoms in total. The largest absolute Gasteiger partial charge is 0.352 e. The number of nitrogens with zero attached hydrogens (tertiary/aromatic N) is 2. The van der Waals surface area contributed by atoms with Gasteiger partial charge >= 0.3 is 0 Å². The molecule has 4 rings (SSSR count). The number of carbonyl (C=O) groups excluding carboxylic acids is 2. The van der Waals surface area contributed by atoms with Crippen LogP contribution in [0, 0.1) is 5.92 Å². The third-order valence-corrected chi connectivity index (χ3v) is 5.73. The van der Waals surface area contributed by atoms with Crippen LogP contribution in [0.5, 0.6) is 0 Å². The summed E-state index contributed by atoms with van der Waals surface area (Å²) in [5.74, 6) is 0.148. The number of carbonyl (C=O) groups is 2. The molecular formula is C22H27N5O2. The van der Waals surface area contributed by atoms with Crippen LogP contribution in [-0.4, -0.2) is 40.8 Å². The zero-order valence-corrected chi connectivity index (χ0v) is 16.4. The molecule has 0 aliphatic carbocycles. The summed E-state index contributed by atoms with van der Waals surface area (Å²) in [4.78, 5) is 31.6. The summed E-state index contributed by atoms with van der Waals surface area (Å²) in [6, 6.07) is 15.5. The van der Waals surface area contributed by atoms with Gasteiger partial charge in [-0.1, -0.05) is 36.4 Å². The lowest BCUT2D eigenvalue weighted by molar-refractivity contribution is -0.137. The SMILES string of the molecule is O=C(NCc1ccccc1)C1CCN(C(=O)C2CC(c3ccccn3)NN2)CC1. The van der Waals surface area contributed by atoms with Gasteiger partial charge in [0.25, 0.3) is 0 Å². The third-order valence-electron chi connectivity index (χ3n) is 5.73. The van der Waals surface area contributed by atoms with Crippen LogP contribution in [0.1, 0.15) is 36.6 Å². The van der Waals surface area contributed by atoms with E-state index in [1.807, 2.05) is 53.4 Å². The smallest absolute Gasteiger partial charge is 0.241 e. The molecule has 152 valence electrons. The summed E-state index contributed by atoms with van der Waals surface area (Å²) in [6.45, 7) is 1.79. The van der Waals surface area contributed by atoms with E-state index < -0.39 is 0 Å². The Hall–Kier alpha value is -2.77. The number of benzene rings is 1. The Morgan fingerprint density at radius 3 is 2.52 bits per heavy atom. The van der Waals surface area contributed by atoms with Crippen molar-refractivity contribution < 1.29 is 9.59 Å². The topological polar surface area (TPSA) is 86.4 Å². The van der Waals surface area contributed by atoms with Gasteiger partial charge in [-0.15, -0.1) is 0 Å². The Morgan fingerprint density at radius 2 is 1.79 bits per heavy atom. The van der Waals surface area contributed by atoms with E-state index in [2.05, 4.69) is 21.2 Å². The maximum Gasteiger partial charge on any atom is 0.241 e. The third kappa shape index (κ3) is 4.81. The van der Waals surface area contributed by atoms with Crippen molar-refractivity contribution in [1.82, 2.24) is 26.1 Å². The molecule has 0 spiro atoms. The molecule has 2 aromatic rings. The number of hydrazine groups is 1. The molecular weight excluding hydrogens is 366 g/mol. The zero-order valence-electron chi connectivity index (χ0n) is 16.4. The lowest BCUT2D eigenvalue weighted by atomic mass is 9.95. The van der Waals surface area contributed by atoms with Crippen molar-refractivity contribution in [3.63, 3.8) is 0 Å². The summed E-state index contributed by atoms with van der Waals surface area (Å²) >= 11 is 0. The van der Waals surface area contributed by atoms with Crippen LogP contribution in [0.2, 0.25) is 0 Å². The van der Waals surface area contributed by atoms with Gasteiger partial charge in [0, 0.05) is 31.7 Å². The Balaban J connectivity index is 1.23. The molecule has 2 aliphatic heterocycles. The summed E-state index contributed by atoms with van der Waals surface area (Å²) < 4.78 is 0. The maximum atomic E-state index is 12.9. The molecule has 0 bridgehead atoms. The highest BCUT2D eigenvalue weighted by Gasteiger charge is 2.35. The van der Waals surface area contributed by atoms with E-state index in [4.69, 9.17) is 0 Å².